The fourth-order valence-electron chi connectivity index (χ4n) is 4.26. The Kier molecular flexibility index (Phi) is 8.05. The molecule has 0 saturated heterocycles. The van der Waals surface area contributed by atoms with Crippen molar-refractivity contribution in [2.75, 3.05) is 19.5 Å². The van der Waals surface area contributed by atoms with Crippen molar-refractivity contribution in [3.63, 3.8) is 0 Å². The van der Waals surface area contributed by atoms with Crippen molar-refractivity contribution < 1.29 is 13.9 Å². The second kappa shape index (κ2) is 11.0. The van der Waals surface area contributed by atoms with E-state index in [1.807, 2.05) is 75.6 Å². The highest BCUT2D eigenvalue weighted by Gasteiger charge is 2.37. The van der Waals surface area contributed by atoms with Crippen LogP contribution in [-0.4, -0.2) is 39.6 Å². The van der Waals surface area contributed by atoms with E-state index < -0.39 is 10.8 Å². The number of thioether (sulfide) groups is 1. The highest BCUT2D eigenvalue weighted by molar-refractivity contribution is 8.00. The first kappa shape index (κ1) is 25.5. The molecule has 0 aliphatic heterocycles. The van der Waals surface area contributed by atoms with E-state index in [-0.39, 0.29) is 23.6 Å². The van der Waals surface area contributed by atoms with Crippen molar-refractivity contribution in [1.82, 2.24) is 9.78 Å². The lowest BCUT2D eigenvalue weighted by Crippen LogP contribution is -2.38. The minimum atomic E-state index is -0.728. The number of hydrogen-bond acceptors (Lipinski definition) is 4. The Labute approximate surface area is 215 Å². The summed E-state index contributed by atoms with van der Waals surface area (Å²) in [6.45, 7) is 6.76. The Hall–Kier alpha value is -2.54. The average molecular weight is 513 g/mol. The standard InChI is InChI=1S/C28H30ClFN2O2S/c1-5-33-27-25(30)26(23-16-19(2)15-20(3)17-23)31-32(27)13-14-34-28(35-4)12-11-22(18-24(28)29)21-9-7-6-8-10-21/h6-12,15-18,24H,5,13-14H2,1-4H3. The Morgan fingerprint density at radius 2 is 1.83 bits per heavy atom. The predicted molar refractivity (Wildman–Crippen MR) is 144 cm³/mol. The summed E-state index contributed by atoms with van der Waals surface area (Å²) in [5.74, 6) is -0.337. The Morgan fingerprint density at radius 3 is 2.46 bits per heavy atom. The van der Waals surface area contributed by atoms with Crippen molar-refractivity contribution in [1.29, 1.82) is 0 Å². The normalized spacial score (nSPS) is 19.6. The zero-order valence-electron chi connectivity index (χ0n) is 20.4. The molecule has 4 rings (SSSR count). The molecule has 0 bridgehead atoms. The number of rotatable bonds is 9. The number of allylic oxidation sites excluding steroid dienone is 2. The van der Waals surface area contributed by atoms with Crippen molar-refractivity contribution in [3.05, 3.63) is 89.3 Å². The van der Waals surface area contributed by atoms with Crippen LogP contribution in [0.15, 0.2) is 66.8 Å². The van der Waals surface area contributed by atoms with Gasteiger partial charge in [-0.2, -0.15) is 9.49 Å². The number of benzene rings is 2. The van der Waals surface area contributed by atoms with E-state index in [0.717, 1.165) is 27.8 Å². The number of aryl methyl sites for hydroxylation is 2. The Morgan fingerprint density at radius 1 is 1.11 bits per heavy atom. The topological polar surface area (TPSA) is 36.3 Å². The van der Waals surface area contributed by atoms with Crippen LogP contribution < -0.4 is 4.74 Å². The van der Waals surface area contributed by atoms with Gasteiger partial charge in [-0.1, -0.05) is 59.7 Å². The fraction of sp³-hybridized carbons (Fsp3) is 0.321. The molecule has 1 heterocycles. The van der Waals surface area contributed by atoms with Gasteiger partial charge in [-0.25, -0.2) is 4.68 Å². The van der Waals surface area contributed by atoms with Crippen LogP contribution in [0.1, 0.15) is 23.6 Å². The van der Waals surface area contributed by atoms with Gasteiger partial charge < -0.3 is 9.47 Å². The number of aromatic nitrogens is 2. The molecule has 0 fully saturated rings. The SMILES string of the molecule is CCOc1c(F)c(-c2cc(C)cc(C)c2)nn1CCOC1(SC)C=CC(c2ccccc2)=CC1Cl. The van der Waals surface area contributed by atoms with E-state index in [1.54, 1.807) is 4.68 Å². The lowest BCUT2D eigenvalue weighted by Gasteiger charge is -2.35. The summed E-state index contributed by atoms with van der Waals surface area (Å²) >= 11 is 8.34. The number of hydrogen-bond donors (Lipinski definition) is 0. The summed E-state index contributed by atoms with van der Waals surface area (Å²) in [4.78, 5) is -0.728. The van der Waals surface area contributed by atoms with Gasteiger partial charge in [-0.05, 0) is 56.4 Å². The van der Waals surface area contributed by atoms with Gasteiger partial charge in [0.05, 0.1) is 25.1 Å². The van der Waals surface area contributed by atoms with Gasteiger partial charge in [-0.3, -0.25) is 0 Å². The lowest BCUT2D eigenvalue weighted by atomic mass is 9.97. The van der Waals surface area contributed by atoms with E-state index in [9.17, 15) is 0 Å². The third-order valence-electron chi connectivity index (χ3n) is 5.89. The largest absolute Gasteiger partial charge is 0.476 e. The third kappa shape index (κ3) is 5.50. The number of nitrogens with zero attached hydrogens (tertiary/aromatic N) is 2. The molecule has 0 radical (unpaired) electrons. The van der Waals surface area contributed by atoms with E-state index in [0.29, 0.717) is 13.2 Å². The first-order valence-electron chi connectivity index (χ1n) is 11.6. The first-order valence-corrected chi connectivity index (χ1v) is 13.3. The van der Waals surface area contributed by atoms with Gasteiger partial charge in [0.15, 0.2) is 4.93 Å². The highest BCUT2D eigenvalue weighted by Crippen LogP contribution is 2.40. The van der Waals surface area contributed by atoms with Gasteiger partial charge in [0.25, 0.3) is 0 Å². The average Bonchev–Trinajstić information content (AvgIpc) is 3.15. The molecule has 1 aliphatic rings. The molecule has 2 unspecified atom stereocenters. The summed E-state index contributed by atoms with van der Waals surface area (Å²) < 4.78 is 28.8. The second-order valence-electron chi connectivity index (χ2n) is 8.50. The van der Waals surface area contributed by atoms with Gasteiger partial charge in [0.2, 0.25) is 11.7 Å². The molecular weight excluding hydrogens is 483 g/mol. The maximum absolute atomic E-state index is 15.3. The van der Waals surface area contributed by atoms with Crippen LogP contribution in [0.5, 0.6) is 5.88 Å². The number of ether oxygens (including phenoxy) is 2. The third-order valence-corrected chi connectivity index (χ3v) is 7.61. The molecule has 2 aromatic carbocycles. The van der Waals surface area contributed by atoms with Crippen molar-refractivity contribution in [3.8, 4) is 17.1 Å². The summed E-state index contributed by atoms with van der Waals surface area (Å²) in [6, 6.07) is 16.0. The van der Waals surface area contributed by atoms with Gasteiger partial charge in [-0.15, -0.1) is 23.4 Å². The van der Waals surface area contributed by atoms with Crippen LogP contribution in [0.4, 0.5) is 4.39 Å². The van der Waals surface area contributed by atoms with Gasteiger partial charge in [0.1, 0.15) is 5.69 Å². The van der Waals surface area contributed by atoms with Crippen molar-refractivity contribution in [2.24, 2.45) is 0 Å². The molecule has 7 heteroatoms. The second-order valence-corrected chi connectivity index (χ2v) is 10.0. The number of halogens is 2. The molecule has 0 N–H and O–H groups in total. The molecule has 0 spiro atoms. The van der Waals surface area contributed by atoms with Crippen molar-refractivity contribution in [2.45, 2.75) is 37.6 Å². The minimum Gasteiger partial charge on any atom is -0.476 e. The molecule has 3 aromatic rings. The van der Waals surface area contributed by atoms with Gasteiger partial charge >= 0.3 is 0 Å². The van der Waals surface area contributed by atoms with Gasteiger partial charge in [0, 0.05) is 5.56 Å². The van der Waals surface area contributed by atoms with Crippen molar-refractivity contribution >= 4 is 28.9 Å². The molecular formula is C28H30ClFN2O2S. The summed E-state index contributed by atoms with van der Waals surface area (Å²) in [6.07, 6.45) is 8.04. The molecule has 2 atom stereocenters. The highest BCUT2D eigenvalue weighted by atomic mass is 35.5. The zero-order valence-corrected chi connectivity index (χ0v) is 22.0. The molecule has 184 valence electrons. The van der Waals surface area contributed by atoms with Crippen LogP contribution in [0.2, 0.25) is 0 Å². The fourth-order valence-corrected chi connectivity index (χ4v) is 5.49. The molecule has 0 amide bonds. The molecule has 4 nitrogen and oxygen atoms in total. The smallest absolute Gasteiger partial charge is 0.249 e. The van der Waals surface area contributed by atoms with Crippen LogP contribution >= 0.6 is 23.4 Å². The van der Waals surface area contributed by atoms with E-state index in [4.69, 9.17) is 21.1 Å². The summed E-state index contributed by atoms with van der Waals surface area (Å²) in [7, 11) is 0. The van der Waals surface area contributed by atoms with Crippen LogP contribution in [0.25, 0.3) is 16.8 Å². The van der Waals surface area contributed by atoms with Crippen LogP contribution in [0.3, 0.4) is 0 Å². The quantitative estimate of drug-likeness (QED) is 0.227. The van der Waals surface area contributed by atoms with Crippen LogP contribution in [-0.2, 0) is 11.3 Å². The minimum absolute atomic E-state index is 0.122. The Balaban J connectivity index is 1.52. The van der Waals surface area contributed by atoms with E-state index >= 15 is 4.39 Å². The lowest BCUT2D eigenvalue weighted by molar-refractivity contribution is 0.0547. The van der Waals surface area contributed by atoms with E-state index in [1.165, 1.54) is 11.8 Å². The monoisotopic (exact) mass is 512 g/mol. The first-order chi connectivity index (χ1) is 16.9. The molecule has 35 heavy (non-hydrogen) atoms. The molecule has 0 saturated carbocycles. The predicted octanol–water partition coefficient (Wildman–Crippen LogP) is 7.04. The molecule has 1 aliphatic carbocycles. The molecule has 1 aromatic heterocycles. The summed E-state index contributed by atoms with van der Waals surface area (Å²) in [5, 5.41) is 4.18. The summed E-state index contributed by atoms with van der Waals surface area (Å²) in [5.41, 5.74) is 5.29. The maximum atomic E-state index is 15.3. The zero-order chi connectivity index (χ0) is 25.0. The van der Waals surface area contributed by atoms with E-state index in [2.05, 4.69) is 23.3 Å². The maximum Gasteiger partial charge on any atom is 0.249 e. The number of alkyl halides is 1. The Bertz CT molecular complexity index is 1220. The van der Waals surface area contributed by atoms with Crippen LogP contribution in [0, 0.1) is 19.7 Å².